The second-order valence-corrected chi connectivity index (χ2v) is 11.3. The highest BCUT2D eigenvalue weighted by Crippen LogP contribution is 2.52. The van der Waals surface area contributed by atoms with Crippen molar-refractivity contribution in [2.24, 2.45) is 5.92 Å². The first kappa shape index (κ1) is 25.1. The number of hydrogen-bond donors (Lipinski definition) is 1. The summed E-state index contributed by atoms with van der Waals surface area (Å²) < 4.78 is 17.0. The van der Waals surface area contributed by atoms with Crippen LogP contribution >= 0.6 is 0 Å². The van der Waals surface area contributed by atoms with Gasteiger partial charge in [-0.3, -0.25) is 14.5 Å². The molecular weight excluding hydrogens is 528 g/mol. The molecule has 1 unspecified atom stereocenters. The molecule has 1 aliphatic carbocycles. The third kappa shape index (κ3) is 4.31. The summed E-state index contributed by atoms with van der Waals surface area (Å²) in [6, 6.07) is 28.0. The molecule has 42 heavy (non-hydrogen) atoms. The van der Waals surface area contributed by atoms with Crippen molar-refractivity contribution in [1.82, 2.24) is 15.1 Å². The maximum atomic E-state index is 11.7. The van der Waals surface area contributed by atoms with Crippen LogP contribution in [0.1, 0.15) is 52.4 Å². The highest BCUT2D eigenvalue weighted by molar-refractivity contribution is 5.96. The number of rotatable bonds is 6. The van der Waals surface area contributed by atoms with Gasteiger partial charge in [0.25, 0.3) is 0 Å². The van der Waals surface area contributed by atoms with Gasteiger partial charge in [-0.1, -0.05) is 71.9 Å². The molecule has 8 nitrogen and oxygen atoms in total. The van der Waals surface area contributed by atoms with Gasteiger partial charge in [0.2, 0.25) is 0 Å². The molecule has 1 atom stereocenters. The molecule has 1 fully saturated rings. The van der Waals surface area contributed by atoms with Crippen LogP contribution in [0.5, 0.6) is 5.75 Å². The maximum absolute atomic E-state index is 11.7. The summed E-state index contributed by atoms with van der Waals surface area (Å²) in [7, 11) is 1.74. The molecule has 8 rings (SSSR count). The van der Waals surface area contributed by atoms with E-state index >= 15 is 0 Å². The zero-order valence-corrected chi connectivity index (χ0v) is 23.2. The number of nitrogens with one attached hydrogen (secondary N) is 1. The Balaban J connectivity index is 1.26. The Bertz CT molecular complexity index is 1900. The summed E-state index contributed by atoms with van der Waals surface area (Å²) in [5.41, 5.74) is 7.06. The number of H-pyrrole nitrogens is 1. The Hall–Kier alpha value is -4.66. The van der Waals surface area contributed by atoms with Gasteiger partial charge in [-0.05, 0) is 53.0 Å². The van der Waals surface area contributed by atoms with E-state index in [0.717, 1.165) is 23.4 Å². The molecule has 1 saturated carbocycles. The quantitative estimate of drug-likeness (QED) is 0.262. The monoisotopic (exact) mass is 558 g/mol. The SMILES string of the molecule is COCN1Cc2ccc3ccccc3c2N1Cc1ccc2c(c1)/C(=C\c1noc(=O)[nH]1)Oc1ccccc1C2C1CC1. The molecule has 8 heteroatoms. The maximum Gasteiger partial charge on any atom is 0.439 e. The zero-order chi connectivity index (χ0) is 28.2. The Morgan fingerprint density at radius 3 is 2.71 bits per heavy atom. The smallest absolute Gasteiger partial charge is 0.439 e. The van der Waals surface area contributed by atoms with Crippen molar-refractivity contribution < 1.29 is 14.0 Å². The van der Waals surface area contributed by atoms with Crippen LogP contribution in [-0.4, -0.2) is 29.0 Å². The predicted octanol–water partition coefficient (Wildman–Crippen LogP) is 6.29. The van der Waals surface area contributed by atoms with E-state index in [1.807, 2.05) is 12.1 Å². The molecule has 0 saturated heterocycles. The summed E-state index contributed by atoms with van der Waals surface area (Å²) in [5.74, 6) is 1.98. The van der Waals surface area contributed by atoms with Crippen molar-refractivity contribution in [3.05, 3.63) is 123 Å². The van der Waals surface area contributed by atoms with Crippen LogP contribution in [0.4, 0.5) is 5.69 Å². The largest absolute Gasteiger partial charge is 0.456 e. The third-order valence-corrected chi connectivity index (χ3v) is 8.56. The number of nitrogens with zero attached hydrogens (tertiary/aromatic N) is 3. The lowest BCUT2D eigenvalue weighted by Crippen LogP contribution is -2.38. The summed E-state index contributed by atoms with van der Waals surface area (Å²) in [4.78, 5) is 14.4. The first-order valence-corrected chi connectivity index (χ1v) is 14.4. The van der Waals surface area contributed by atoms with Gasteiger partial charge in [0.1, 0.15) is 18.2 Å². The van der Waals surface area contributed by atoms with Crippen LogP contribution in [0, 0.1) is 5.92 Å². The Morgan fingerprint density at radius 2 is 1.88 bits per heavy atom. The van der Waals surface area contributed by atoms with E-state index in [1.165, 1.54) is 46.0 Å². The van der Waals surface area contributed by atoms with Crippen molar-refractivity contribution in [3.63, 3.8) is 0 Å². The number of aromatic amines is 1. The Labute approximate surface area is 242 Å². The Morgan fingerprint density at radius 1 is 1.02 bits per heavy atom. The lowest BCUT2D eigenvalue weighted by molar-refractivity contribution is 0.0553. The van der Waals surface area contributed by atoms with Gasteiger partial charge < -0.3 is 9.47 Å². The summed E-state index contributed by atoms with van der Waals surface area (Å²) >= 11 is 0. The second-order valence-electron chi connectivity index (χ2n) is 11.3. The van der Waals surface area contributed by atoms with Crippen molar-refractivity contribution in [3.8, 4) is 5.75 Å². The van der Waals surface area contributed by atoms with Crippen LogP contribution in [0.15, 0.2) is 88.2 Å². The highest BCUT2D eigenvalue weighted by atomic mass is 16.5. The predicted molar refractivity (Wildman–Crippen MR) is 161 cm³/mol. The first-order chi connectivity index (χ1) is 20.7. The van der Waals surface area contributed by atoms with Gasteiger partial charge in [-0.15, -0.1) is 0 Å². The zero-order valence-electron chi connectivity index (χ0n) is 23.2. The number of aromatic nitrogens is 2. The van der Waals surface area contributed by atoms with E-state index in [2.05, 4.69) is 86.9 Å². The lowest BCUT2D eigenvalue weighted by Gasteiger charge is -2.31. The minimum Gasteiger partial charge on any atom is -0.456 e. The molecule has 0 spiro atoms. The van der Waals surface area contributed by atoms with Crippen LogP contribution < -0.4 is 15.5 Å². The molecule has 0 bridgehead atoms. The van der Waals surface area contributed by atoms with E-state index in [4.69, 9.17) is 14.0 Å². The molecule has 0 radical (unpaired) electrons. The normalized spacial score (nSPS) is 18.9. The van der Waals surface area contributed by atoms with Crippen LogP contribution in [-0.2, 0) is 17.8 Å². The minimum atomic E-state index is -0.598. The molecular formula is C34H30N4O4. The van der Waals surface area contributed by atoms with E-state index in [-0.39, 0.29) is 5.92 Å². The third-order valence-electron chi connectivity index (χ3n) is 8.56. The number of hydrazine groups is 1. The molecule has 3 aliphatic rings. The highest BCUT2D eigenvalue weighted by Gasteiger charge is 2.39. The van der Waals surface area contributed by atoms with Gasteiger partial charge in [-0.25, -0.2) is 4.79 Å². The molecule has 1 N–H and O–H groups in total. The van der Waals surface area contributed by atoms with E-state index in [1.54, 1.807) is 13.2 Å². The summed E-state index contributed by atoms with van der Waals surface area (Å²) in [6.07, 6.45) is 4.15. The fraction of sp³-hybridized carbons (Fsp3) is 0.235. The number of anilines is 1. The van der Waals surface area contributed by atoms with Crippen LogP contribution in [0.3, 0.4) is 0 Å². The standard InChI is InChI=1S/C34H30N4O4/c1-40-20-37-19-24-14-11-22-6-2-3-7-25(22)33(24)38(37)18-21-10-15-26-28(16-21)30(17-31-35-34(39)42-36-31)41-29-9-5-4-8-27(29)32(26)23-12-13-23/h2-11,14-17,23,32H,12-13,18-20H2,1H3,(H,35,36,39)/b30-17+. The first-order valence-electron chi connectivity index (χ1n) is 14.4. The van der Waals surface area contributed by atoms with Gasteiger partial charge in [-0.2, -0.15) is 5.01 Å². The summed E-state index contributed by atoms with van der Waals surface area (Å²) in [5, 5.41) is 10.9. The molecule has 4 aromatic carbocycles. The molecule has 3 heterocycles. The molecule has 0 amide bonds. The second kappa shape index (κ2) is 10.0. The molecule has 210 valence electrons. The number of benzene rings is 4. The van der Waals surface area contributed by atoms with Crippen LogP contribution in [0.25, 0.3) is 22.6 Å². The molecule has 1 aromatic heterocycles. The topological polar surface area (TPSA) is 83.8 Å². The fourth-order valence-corrected chi connectivity index (χ4v) is 6.60. The van der Waals surface area contributed by atoms with Gasteiger partial charge in [0.05, 0.1) is 12.2 Å². The van der Waals surface area contributed by atoms with Gasteiger partial charge in [0.15, 0.2) is 5.82 Å². The number of methoxy groups -OCH3 is 1. The average molecular weight is 559 g/mol. The van der Waals surface area contributed by atoms with Crippen molar-refractivity contribution >= 4 is 28.3 Å². The summed E-state index contributed by atoms with van der Waals surface area (Å²) in [6.45, 7) is 1.93. The fourth-order valence-electron chi connectivity index (χ4n) is 6.60. The molecule has 5 aromatic rings. The van der Waals surface area contributed by atoms with Crippen LogP contribution in [0.2, 0.25) is 0 Å². The number of para-hydroxylation sites is 1. The number of ether oxygens (including phenoxy) is 2. The van der Waals surface area contributed by atoms with E-state index in [0.29, 0.717) is 30.8 Å². The lowest BCUT2D eigenvalue weighted by atomic mass is 9.83. The van der Waals surface area contributed by atoms with Gasteiger partial charge in [0, 0.05) is 42.2 Å². The van der Waals surface area contributed by atoms with Gasteiger partial charge >= 0.3 is 5.76 Å². The van der Waals surface area contributed by atoms with Crippen molar-refractivity contribution in [2.75, 3.05) is 18.8 Å². The van der Waals surface area contributed by atoms with Crippen molar-refractivity contribution in [1.29, 1.82) is 0 Å². The minimum absolute atomic E-state index is 0.231. The Kier molecular flexibility index (Phi) is 5.98. The van der Waals surface area contributed by atoms with E-state index < -0.39 is 5.76 Å². The number of hydrogen-bond acceptors (Lipinski definition) is 7. The van der Waals surface area contributed by atoms with Crippen molar-refractivity contribution in [2.45, 2.75) is 31.8 Å². The average Bonchev–Trinajstić information content (AvgIpc) is 3.69. The van der Waals surface area contributed by atoms with E-state index in [9.17, 15) is 4.79 Å². The number of fused-ring (bicyclic) bond motifs is 5. The molecule has 2 aliphatic heterocycles.